The van der Waals surface area contributed by atoms with E-state index in [0.29, 0.717) is 13.1 Å². The molecule has 19 heavy (non-hydrogen) atoms. The van der Waals surface area contributed by atoms with Gasteiger partial charge in [0.2, 0.25) is 0 Å². The van der Waals surface area contributed by atoms with Crippen molar-refractivity contribution >= 4 is 23.3 Å². The Morgan fingerprint density at radius 3 is 2.74 bits per heavy atom. The van der Waals surface area contributed by atoms with Gasteiger partial charge in [-0.1, -0.05) is 13.8 Å². The number of aryl methyl sites for hydroxylation is 1. The van der Waals surface area contributed by atoms with Crippen LogP contribution in [0.15, 0.2) is 11.4 Å². The molecule has 1 aromatic heterocycles. The van der Waals surface area contributed by atoms with Crippen molar-refractivity contribution in [2.24, 2.45) is 0 Å². The highest BCUT2D eigenvalue weighted by Crippen LogP contribution is 2.16. The summed E-state index contributed by atoms with van der Waals surface area (Å²) < 4.78 is 0. The molecule has 2 amide bonds. The Balaban J connectivity index is 2.54. The topological polar surface area (TPSA) is 69.6 Å². The summed E-state index contributed by atoms with van der Waals surface area (Å²) in [4.78, 5) is 25.1. The lowest BCUT2D eigenvalue weighted by molar-refractivity contribution is -0.137. The smallest absolute Gasteiger partial charge is 0.323 e. The summed E-state index contributed by atoms with van der Waals surface area (Å²) in [5.74, 6) is -0.992. The van der Waals surface area contributed by atoms with Gasteiger partial charge in [0.05, 0.1) is 6.54 Å². The number of carboxylic acids is 1. The fourth-order valence-corrected chi connectivity index (χ4v) is 2.71. The van der Waals surface area contributed by atoms with E-state index in [1.54, 1.807) is 11.3 Å². The number of urea groups is 1. The van der Waals surface area contributed by atoms with Crippen molar-refractivity contribution < 1.29 is 14.7 Å². The number of nitrogens with zero attached hydrogens (tertiary/aromatic N) is 1. The first-order chi connectivity index (χ1) is 9.08. The molecule has 106 valence electrons. The van der Waals surface area contributed by atoms with Crippen molar-refractivity contribution in [1.82, 2.24) is 10.2 Å². The van der Waals surface area contributed by atoms with Gasteiger partial charge in [-0.25, -0.2) is 4.79 Å². The molecule has 0 unspecified atom stereocenters. The number of carbonyl (C=O) groups is 2. The predicted molar refractivity (Wildman–Crippen MR) is 75.4 cm³/mol. The minimum Gasteiger partial charge on any atom is -0.480 e. The first kappa shape index (κ1) is 15.5. The molecular weight excluding hydrogens is 264 g/mol. The number of carbonyl (C=O) groups excluding carboxylic acids is 1. The number of thiophene rings is 1. The third-order valence-electron chi connectivity index (χ3n) is 2.73. The molecule has 0 fully saturated rings. The molecule has 0 spiro atoms. The molecule has 0 aromatic carbocycles. The van der Waals surface area contributed by atoms with Crippen LogP contribution in [0.1, 0.15) is 30.7 Å². The molecule has 2 N–H and O–H groups in total. The van der Waals surface area contributed by atoms with Crippen molar-refractivity contribution in [2.45, 2.75) is 33.2 Å². The SMILES string of the molecule is CCCN(CC(=O)O)C(=O)NCc1sccc1CC. The van der Waals surface area contributed by atoms with E-state index in [1.807, 2.05) is 18.4 Å². The molecule has 0 atom stereocenters. The van der Waals surface area contributed by atoms with E-state index < -0.39 is 5.97 Å². The van der Waals surface area contributed by atoms with Crippen LogP contribution in [-0.4, -0.2) is 35.1 Å². The Labute approximate surface area is 117 Å². The maximum Gasteiger partial charge on any atom is 0.323 e. The van der Waals surface area contributed by atoms with Gasteiger partial charge in [0.15, 0.2) is 0 Å². The zero-order valence-electron chi connectivity index (χ0n) is 11.3. The van der Waals surface area contributed by atoms with Crippen molar-refractivity contribution in [3.63, 3.8) is 0 Å². The highest BCUT2D eigenvalue weighted by Gasteiger charge is 2.15. The summed E-state index contributed by atoms with van der Waals surface area (Å²) in [7, 11) is 0. The summed E-state index contributed by atoms with van der Waals surface area (Å²) >= 11 is 1.61. The van der Waals surface area contributed by atoms with Gasteiger partial charge in [-0.2, -0.15) is 0 Å². The van der Waals surface area contributed by atoms with Crippen LogP contribution in [0.25, 0.3) is 0 Å². The third-order valence-corrected chi connectivity index (χ3v) is 3.69. The Bertz CT molecular complexity index is 431. The van der Waals surface area contributed by atoms with Crippen LogP contribution in [0.2, 0.25) is 0 Å². The first-order valence-corrected chi connectivity index (χ1v) is 7.26. The molecule has 0 radical (unpaired) electrons. The first-order valence-electron chi connectivity index (χ1n) is 6.38. The summed E-state index contributed by atoms with van der Waals surface area (Å²) in [6.07, 6.45) is 1.67. The van der Waals surface area contributed by atoms with Gasteiger partial charge in [-0.05, 0) is 29.9 Å². The van der Waals surface area contributed by atoms with Gasteiger partial charge >= 0.3 is 12.0 Å². The predicted octanol–water partition coefficient (Wildman–Crippen LogP) is 2.32. The monoisotopic (exact) mass is 284 g/mol. The van der Waals surface area contributed by atoms with E-state index in [2.05, 4.69) is 12.2 Å². The number of nitrogens with one attached hydrogen (secondary N) is 1. The number of rotatable bonds is 7. The van der Waals surface area contributed by atoms with E-state index >= 15 is 0 Å². The average molecular weight is 284 g/mol. The van der Waals surface area contributed by atoms with Crippen molar-refractivity contribution in [1.29, 1.82) is 0 Å². The molecular formula is C13H20N2O3S. The van der Waals surface area contributed by atoms with E-state index in [9.17, 15) is 9.59 Å². The fourth-order valence-electron chi connectivity index (χ4n) is 1.79. The summed E-state index contributed by atoms with van der Waals surface area (Å²) in [6.45, 7) is 4.63. The molecule has 1 rings (SSSR count). The molecule has 0 saturated heterocycles. The van der Waals surface area contributed by atoms with Crippen molar-refractivity contribution in [3.8, 4) is 0 Å². The maximum absolute atomic E-state index is 11.9. The van der Waals surface area contributed by atoms with Crippen molar-refractivity contribution in [3.05, 3.63) is 21.9 Å². The van der Waals surface area contributed by atoms with Crippen LogP contribution in [0, 0.1) is 0 Å². The number of hydrogen-bond donors (Lipinski definition) is 2. The van der Waals surface area contributed by atoms with E-state index in [1.165, 1.54) is 10.5 Å². The van der Waals surface area contributed by atoms with Gasteiger partial charge < -0.3 is 15.3 Å². The molecule has 0 bridgehead atoms. The van der Waals surface area contributed by atoms with Crippen LogP contribution in [0.5, 0.6) is 0 Å². The molecule has 0 aliphatic rings. The fraction of sp³-hybridized carbons (Fsp3) is 0.538. The number of amides is 2. The lowest BCUT2D eigenvalue weighted by atomic mass is 10.2. The molecule has 1 heterocycles. The van der Waals surface area contributed by atoms with E-state index in [0.717, 1.165) is 17.7 Å². The molecule has 1 aromatic rings. The van der Waals surface area contributed by atoms with Crippen LogP contribution in [0.4, 0.5) is 4.79 Å². The van der Waals surface area contributed by atoms with Gasteiger partial charge in [0, 0.05) is 11.4 Å². The Morgan fingerprint density at radius 1 is 1.42 bits per heavy atom. The third kappa shape index (κ3) is 4.90. The normalized spacial score (nSPS) is 10.2. The molecule has 0 aliphatic heterocycles. The highest BCUT2D eigenvalue weighted by atomic mass is 32.1. The van der Waals surface area contributed by atoms with Gasteiger partial charge in [-0.3, -0.25) is 4.79 Å². The van der Waals surface area contributed by atoms with E-state index in [-0.39, 0.29) is 12.6 Å². The minimum absolute atomic E-state index is 0.259. The second-order valence-corrected chi connectivity index (χ2v) is 5.20. The zero-order chi connectivity index (χ0) is 14.3. The van der Waals surface area contributed by atoms with Crippen LogP contribution in [0.3, 0.4) is 0 Å². The second kappa shape index (κ2) is 7.78. The Hall–Kier alpha value is -1.56. The molecule has 5 nitrogen and oxygen atoms in total. The number of hydrogen-bond acceptors (Lipinski definition) is 3. The van der Waals surface area contributed by atoms with Crippen LogP contribution in [-0.2, 0) is 17.8 Å². The van der Waals surface area contributed by atoms with E-state index in [4.69, 9.17) is 5.11 Å². The highest BCUT2D eigenvalue weighted by molar-refractivity contribution is 7.10. The summed E-state index contributed by atoms with van der Waals surface area (Å²) in [5.41, 5.74) is 1.23. The summed E-state index contributed by atoms with van der Waals surface area (Å²) in [6, 6.07) is 1.73. The average Bonchev–Trinajstić information content (AvgIpc) is 2.82. The Kier molecular flexibility index (Phi) is 6.35. The van der Waals surface area contributed by atoms with Crippen LogP contribution < -0.4 is 5.32 Å². The maximum atomic E-state index is 11.9. The number of carboxylic acid groups (broad SMARTS) is 1. The lowest BCUT2D eigenvalue weighted by Crippen LogP contribution is -2.42. The Morgan fingerprint density at radius 2 is 2.16 bits per heavy atom. The molecule has 6 heteroatoms. The quantitative estimate of drug-likeness (QED) is 0.807. The zero-order valence-corrected chi connectivity index (χ0v) is 12.1. The lowest BCUT2D eigenvalue weighted by Gasteiger charge is -2.20. The molecule has 0 saturated carbocycles. The van der Waals surface area contributed by atoms with Crippen molar-refractivity contribution in [2.75, 3.05) is 13.1 Å². The van der Waals surface area contributed by atoms with Gasteiger partial charge in [-0.15, -0.1) is 11.3 Å². The molecule has 0 aliphatic carbocycles. The number of aliphatic carboxylic acids is 1. The van der Waals surface area contributed by atoms with Gasteiger partial charge in [0.25, 0.3) is 0 Å². The largest absolute Gasteiger partial charge is 0.480 e. The summed E-state index contributed by atoms with van der Waals surface area (Å²) in [5, 5.41) is 13.6. The standard InChI is InChI=1S/C13H20N2O3S/c1-3-6-15(9-12(16)17)13(18)14-8-11-10(4-2)5-7-19-11/h5,7H,3-4,6,8-9H2,1-2H3,(H,14,18)(H,16,17). The minimum atomic E-state index is -0.992. The second-order valence-electron chi connectivity index (χ2n) is 4.20. The van der Waals surface area contributed by atoms with Gasteiger partial charge in [0.1, 0.15) is 6.54 Å². The van der Waals surface area contributed by atoms with Crippen LogP contribution >= 0.6 is 11.3 Å².